The van der Waals surface area contributed by atoms with Gasteiger partial charge in [-0.25, -0.2) is 0 Å². The molecule has 0 heterocycles. The SMILES string of the molecule is c1ccc(B(/C(=C(/c2ccccc2)P(c2ccccc2)c2ccccc2)c2ccccc2)c2ccccc2)cc1. The molecule has 0 spiro atoms. The molecule has 6 rings (SSSR count). The molecule has 0 atom stereocenters. The molecule has 6 aromatic rings. The molecule has 0 N–H and O–H groups in total. The normalized spacial score (nSPS) is 11.6. The summed E-state index contributed by atoms with van der Waals surface area (Å²) < 4.78 is 0. The Morgan fingerprint density at radius 1 is 0.350 bits per heavy atom. The Hall–Kier alpha value is -4.45. The van der Waals surface area contributed by atoms with Crippen molar-refractivity contribution in [3.63, 3.8) is 0 Å². The highest BCUT2D eigenvalue weighted by atomic mass is 31.1. The fourth-order valence-electron chi connectivity index (χ4n) is 5.44. The summed E-state index contributed by atoms with van der Waals surface area (Å²) in [6.07, 6.45) is 0. The van der Waals surface area contributed by atoms with Crippen molar-refractivity contribution in [3.05, 3.63) is 193 Å². The maximum Gasteiger partial charge on any atom is 0.242 e. The highest BCUT2D eigenvalue weighted by Crippen LogP contribution is 2.52. The van der Waals surface area contributed by atoms with Crippen molar-refractivity contribution < 1.29 is 0 Å². The van der Waals surface area contributed by atoms with Crippen molar-refractivity contribution in [1.29, 1.82) is 0 Å². The average molecular weight is 528 g/mol. The number of benzene rings is 6. The summed E-state index contributed by atoms with van der Waals surface area (Å²) in [6, 6.07) is 66.1. The van der Waals surface area contributed by atoms with Crippen LogP contribution in [0.5, 0.6) is 0 Å². The van der Waals surface area contributed by atoms with Gasteiger partial charge in [-0.05, 0) is 35.0 Å². The van der Waals surface area contributed by atoms with E-state index in [9.17, 15) is 0 Å². The molecule has 0 aliphatic carbocycles. The van der Waals surface area contributed by atoms with Gasteiger partial charge in [0.2, 0.25) is 6.71 Å². The van der Waals surface area contributed by atoms with Crippen molar-refractivity contribution in [3.8, 4) is 0 Å². The number of hydrogen-bond donors (Lipinski definition) is 0. The Bertz CT molecular complexity index is 1440. The van der Waals surface area contributed by atoms with E-state index in [1.807, 2.05) is 0 Å². The second-order valence-corrected chi connectivity index (χ2v) is 11.9. The second-order valence-electron chi connectivity index (χ2n) is 9.76. The van der Waals surface area contributed by atoms with Gasteiger partial charge in [-0.3, -0.25) is 0 Å². The fourth-order valence-corrected chi connectivity index (χ4v) is 8.10. The van der Waals surface area contributed by atoms with E-state index in [0.29, 0.717) is 0 Å². The quantitative estimate of drug-likeness (QED) is 0.109. The van der Waals surface area contributed by atoms with Crippen LogP contribution in [-0.4, -0.2) is 6.71 Å². The zero-order valence-corrected chi connectivity index (χ0v) is 23.2. The summed E-state index contributed by atoms with van der Waals surface area (Å²) in [4.78, 5) is 0. The molecule has 0 unspecified atom stereocenters. The minimum Gasteiger partial charge on any atom is -0.0686 e. The third-order valence-corrected chi connectivity index (χ3v) is 9.77. The Morgan fingerprint density at radius 3 is 1.07 bits per heavy atom. The molecule has 0 nitrogen and oxygen atoms in total. The van der Waals surface area contributed by atoms with E-state index in [-0.39, 0.29) is 6.71 Å². The molecule has 0 bridgehead atoms. The van der Waals surface area contributed by atoms with E-state index in [1.54, 1.807) is 0 Å². The summed E-state index contributed by atoms with van der Waals surface area (Å²) in [5, 5.41) is 4.07. The van der Waals surface area contributed by atoms with Gasteiger partial charge in [-0.1, -0.05) is 198 Å². The van der Waals surface area contributed by atoms with E-state index >= 15 is 0 Å². The molecule has 0 saturated heterocycles. The highest BCUT2D eigenvalue weighted by molar-refractivity contribution is 7.82. The van der Waals surface area contributed by atoms with Gasteiger partial charge in [0.05, 0.1) is 0 Å². The smallest absolute Gasteiger partial charge is 0.0686 e. The molecule has 40 heavy (non-hydrogen) atoms. The third-order valence-electron chi connectivity index (χ3n) is 7.19. The molecule has 0 fully saturated rings. The first-order chi connectivity index (χ1) is 19.9. The number of rotatable bonds is 8. The second kappa shape index (κ2) is 12.6. The molecule has 0 aromatic heterocycles. The van der Waals surface area contributed by atoms with Crippen LogP contribution in [0.1, 0.15) is 11.1 Å². The molecular formula is C38H30BP. The Balaban J connectivity index is 1.78. The molecule has 2 heteroatoms. The van der Waals surface area contributed by atoms with Gasteiger partial charge in [0.15, 0.2) is 0 Å². The van der Waals surface area contributed by atoms with Crippen molar-refractivity contribution in [2.45, 2.75) is 0 Å². The highest BCUT2D eigenvalue weighted by Gasteiger charge is 2.32. The zero-order chi connectivity index (χ0) is 27.0. The molecule has 6 aromatic carbocycles. The Morgan fingerprint density at radius 2 is 0.675 bits per heavy atom. The number of hydrogen-bond acceptors (Lipinski definition) is 0. The lowest BCUT2D eigenvalue weighted by Gasteiger charge is -2.30. The lowest BCUT2D eigenvalue weighted by molar-refractivity contribution is 1.62. The molecule has 190 valence electrons. The minimum atomic E-state index is -0.887. The van der Waals surface area contributed by atoms with Crippen LogP contribution in [0.15, 0.2) is 182 Å². The maximum absolute atomic E-state index is 2.30. The lowest BCUT2D eigenvalue weighted by Crippen LogP contribution is -2.44. The van der Waals surface area contributed by atoms with Crippen LogP contribution in [0.4, 0.5) is 0 Å². The first-order valence-corrected chi connectivity index (χ1v) is 15.1. The Labute approximate surface area is 239 Å². The van der Waals surface area contributed by atoms with Gasteiger partial charge < -0.3 is 0 Å². The van der Waals surface area contributed by atoms with Gasteiger partial charge in [-0.2, -0.15) is 0 Å². The van der Waals surface area contributed by atoms with Crippen LogP contribution in [0.2, 0.25) is 0 Å². The summed E-state index contributed by atoms with van der Waals surface area (Å²) in [7, 11) is -0.887. The summed E-state index contributed by atoms with van der Waals surface area (Å²) in [6.45, 7) is 0.0532. The maximum atomic E-state index is 2.30. The molecule has 0 aliphatic heterocycles. The lowest BCUT2D eigenvalue weighted by atomic mass is 9.35. The van der Waals surface area contributed by atoms with Gasteiger partial charge in [0, 0.05) is 0 Å². The summed E-state index contributed by atoms with van der Waals surface area (Å²) >= 11 is 0. The monoisotopic (exact) mass is 528 g/mol. The van der Waals surface area contributed by atoms with Crippen LogP contribution in [0, 0.1) is 0 Å². The van der Waals surface area contributed by atoms with E-state index in [2.05, 4.69) is 182 Å². The predicted molar refractivity (Wildman–Crippen MR) is 177 cm³/mol. The molecular weight excluding hydrogens is 498 g/mol. The molecule has 0 radical (unpaired) electrons. The zero-order valence-electron chi connectivity index (χ0n) is 22.3. The summed E-state index contributed by atoms with van der Waals surface area (Å²) in [5.74, 6) is 0. The van der Waals surface area contributed by atoms with Crippen LogP contribution < -0.4 is 21.5 Å². The Kier molecular flexibility index (Phi) is 8.13. The standard InChI is InChI=1S/C38H30BP/c1-7-19-31(20-8-1)37(39(33-23-11-3-12-24-33)34-25-13-4-14-26-34)38(32-21-9-2-10-22-32)40(35-27-15-5-16-28-35)36-29-17-6-18-30-36/h1-30H/b38-37-. The van der Waals surface area contributed by atoms with Crippen molar-refractivity contribution >= 4 is 47.0 Å². The van der Waals surface area contributed by atoms with E-state index in [4.69, 9.17) is 0 Å². The van der Waals surface area contributed by atoms with Crippen LogP contribution in [0.3, 0.4) is 0 Å². The van der Waals surface area contributed by atoms with Crippen molar-refractivity contribution in [2.24, 2.45) is 0 Å². The van der Waals surface area contributed by atoms with Gasteiger partial charge in [0.1, 0.15) is 0 Å². The van der Waals surface area contributed by atoms with Crippen molar-refractivity contribution in [2.75, 3.05) is 0 Å². The average Bonchev–Trinajstić information content (AvgIpc) is 3.05. The fraction of sp³-hybridized carbons (Fsp3) is 0. The van der Waals surface area contributed by atoms with Crippen LogP contribution >= 0.6 is 7.92 Å². The topological polar surface area (TPSA) is 0 Å². The van der Waals surface area contributed by atoms with Gasteiger partial charge in [-0.15, -0.1) is 0 Å². The summed E-state index contributed by atoms with van der Waals surface area (Å²) in [5.41, 5.74) is 6.44. The third kappa shape index (κ3) is 5.62. The first-order valence-electron chi connectivity index (χ1n) is 13.8. The van der Waals surface area contributed by atoms with Gasteiger partial charge >= 0.3 is 0 Å². The van der Waals surface area contributed by atoms with Crippen LogP contribution in [-0.2, 0) is 0 Å². The first kappa shape index (κ1) is 25.8. The van der Waals surface area contributed by atoms with Gasteiger partial charge in [0.25, 0.3) is 0 Å². The van der Waals surface area contributed by atoms with E-state index < -0.39 is 7.92 Å². The van der Waals surface area contributed by atoms with Crippen molar-refractivity contribution in [1.82, 2.24) is 0 Å². The molecule has 0 saturated carbocycles. The molecule has 0 aliphatic rings. The molecule has 0 amide bonds. The van der Waals surface area contributed by atoms with E-state index in [1.165, 1.54) is 43.4 Å². The largest absolute Gasteiger partial charge is 0.242 e. The predicted octanol–water partition coefficient (Wildman–Crippen LogP) is 7.54. The minimum absolute atomic E-state index is 0.0532. The van der Waals surface area contributed by atoms with Crippen LogP contribution in [0.25, 0.3) is 10.8 Å². The van der Waals surface area contributed by atoms with E-state index in [0.717, 1.165) is 0 Å².